The molecule has 0 saturated carbocycles. The molecule has 0 aliphatic heterocycles. The van der Waals surface area contributed by atoms with Crippen molar-refractivity contribution >= 4 is 23.7 Å². The van der Waals surface area contributed by atoms with Crippen LogP contribution in [0.3, 0.4) is 0 Å². The Morgan fingerprint density at radius 2 is 1.95 bits per heavy atom. The average molecular weight is 303 g/mol. The van der Waals surface area contributed by atoms with Crippen LogP contribution in [0.4, 0.5) is 0 Å². The summed E-state index contributed by atoms with van der Waals surface area (Å²) in [4.78, 5) is 12.1. The third-order valence-electron chi connectivity index (χ3n) is 2.71. The standard InChI is InChI=1S/C16H15ClN2O2/c1-2-21-15-10-6-4-8-13(15)16(20)19-18-11-12-7-3-5-9-14(12)17/h3-11H,2H2,1H3,(H,19,20). The largest absolute Gasteiger partial charge is 0.493 e. The fraction of sp³-hybridized carbons (Fsp3) is 0.125. The SMILES string of the molecule is CCOc1ccccc1C(=O)NN=Cc1ccccc1Cl. The lowest BCUT2D eigenvalue weighted by atomic mass is 10.2. The van der Waals surface area contributed by atoms with E-state index in [0.29, 0.717) is 22.9 Å². The summed E-state index contributed by atoms with van der Waals surface area (Å²) in [5.41, 5.74) is 3.64. The van der Waals surface area contributed by atoms with Crippen LogP contribution in [0.25, 0.3) is 0 Å². The molecule has 0 fully saturated rings. The molecule has 0 aliphatic carbocycles. The fourth-order valence-electron chi connectivity index (χ4n) is 1.74. The van der Waals surface area contributed by atoms with Gasteiger partial charge >= 0.3 is 0 Å². The summed E-state index contributed by atoms with van der Waals surface area (Å²) in [6.07, 6.45) is 1.50. The Kier molecular flexibility index (Phi) is 5.35. The number of ether oxygens (including phenoxy) is 1. The van der Waals surface area contributed by atoms with E-state index in [2.05, 4.69) is 10.5 Å². The van der Waals surface area contributed by atoms with Crippen LogP contribution in [-0.2, 0) is 0 Å². The van der Waals surface area contributed by atoms with Crippen molar-refractivity contribution in [2.24, 2.45) is 5.10 Å². The van der Waals surface area contributed by atoms with Crippen molar-refractivity contribution in [3.8, 4) is 5.75 Å². The zero-order valence-electron chi connectivity index (χ0n) is 11.5. The number of nitrogens with one attached hydrogen (secondary N) is 1. The Balaban J connectivity index is 2.07. The normalized spacial score (nSPS) is 10.6. The molecule has 0 heterocycles. The van der Waals surface area contributed by atoms with E-state index in [0.717, 1.165) is 5.56 Å². The van der Waals surface area contributed by atoms with Gasteiger partial charge < -0.3 is 4.74 Å². The first-order valence-electron chi connectivity index (χ1n) is 6.52. The molecule has 2 rings (SSSR count). The molecule has 0 saturated heterocycles. The molecule has 0 aliphatic rings. The zero-order valence-corrected chi connectivity index (χ0v) is 12.3. The summed E-state index contributed by atoms with van der Waals surface area (Å²) in [5, 5.41) is 4.49. The van der Waals surface area contributed by atoms with Gasteiger partial charge in [0.1, 0.15) is 5.75 Å². The monoisotopic (exact) mass is 302 g/mol. The van der Waals surface area contributed by atoms with Gasteiger partial charge in [-0.2, -0.15) is 5.10 Å². The summed E-state index contributed by atoms with van der Waals surface area (Å²) in [6, 6.07) is 14.3. The molecule has 2 aromatic carbocycles. The Hall–Kier alpha value is -2.33. The maximum absolute atomic E-state index is 12.1. The first kappa shape index (κ1) is 15.1. The van der Waals surface area contributed by atoms with Crippen LogP contribution in [0.2, 0.25) is 5.02 Å². The predicted molar refractivity (Wildman–Crippen MR) is 84.1 cm³/mol. The predicted octanol–water partition coefficient (Wildman–Crippen LogP) is 3.50. The summed E-state index contributed by atoms with van der Waals surface area (Å²) in [6.45, 7) is 2.36. The van der Waals surface area contributed by atoms with Gasteiger partial charge in [-0.1, -0.05) is 41.9 Å². The molecule has 0 bridgehead atoms. The van der Waals surface area contributed by atoms with E-state index < -0.39 is 0 Å². The van der Waals surface area contributed by atoms with Gasteiger partial charge in [0, 0.05) is 10.6 Å². The minimum atomic E-state index is -0.331. The molecule has 0 aromatic heterocycles. The van der Waals surface area contributed by atoms with Crippen molar-refractivity contribution in [2.75, 3.05) is 6.61 Å². The van der Waals surface area contributed by atoms with Crippen LogP contribution >= 0.6 is 11.6 Å². The van der Waals surface area contributed by atoms with E-state index in [1.807, 2.05) is 31.2 Å². The average Bonchev–Trinajstić information content (AvgIpc) is 2.50. The zero-order chi connectivity index (χ0) is 15.1. The van der Waals surface area contributed by atoms with Crippen molar-refractivity contribution < 1.29 is 9.53 Å². The second-order valence-corrected chi connectivity index (χ2v) is 4.56. The molecule has 4 nitrogen and oxygen atoms in total. The molecule has 0 radical (unpaired) electrons. The Morgan fingerprint density at radius 3 is 2.71 bits per heavy atom. The number of para-hydroxylation sites is 1. The molecule has 2 aromatic rings. The van der Waals surface area contributed by atoms with Gasteiger partial charge in [0.25, 0.3) is 5.91 Å². The van der Waals surface area contributed by atoms with Gasteiger partial charge in [-0.25, -0.2) is 5.43 Å². The van der Waals surface area contributed by atoms with Gasteiger partial charge in [-0.15, -0.1) is 0 Å². The highest BCUT2D eigenvalue weighted by Gasteiger charge is 2.10. The minimum Gasteiger partial charge on any atom is -0.493 e. The van der Waals surface area contributed by atoms with Crippen molar-refractivity contribution in [3.63, 3.8) is 0 Å². The van der Waals surface area contributed by atoms with Gasteiger partial charge in [0.2, 0.25) is 0 Å². The van der Waals surface area contributed by atoms with Crippen molar-refractivity contribution in [2.45, 2.75) is 6.92 Å². The number of hydrazone groups is 1. The van der Waals surface area contributed by atoms with Crippen molar-refractivity contribution in [3.05, 3.63) is 64.7 Å². The number of carbonyl (C=O) groups excluding carboxylic acids is 1. The van der Waals surface area contributed by atoms with E-state index in [-0.39, 0.29) is 5.91 Å². The molecular weight excluding hydrogens is 288 g/mol. The second kappa shape index (κ2) is 7.45. The Labute approximate surface area is 128 Å². The lowest BCUT2D eigenvalue weighted by molar-refractivity contribution is 0.0951. The number of carbonyl (C=O) groups is 1. The smallest absolute Gasteiger partial charge is 0.275 e. The fourth-order valence-corrected chi connectivity index (χ4v) is 1.92. The molecule has 5 heteroatoms. The minimum absolute atomic E-state index is 0.331. The lowest BCUT2D eigenvalue weighted by Gasteiger charge is -2.08. The lowest BCUT2D eigenvalue weighted by Crippen LogP contribution is -2.18. The highest BCUT2D eigenvalue weighted by Crippen LogP contribution is 2.17. The summed E-state index contributed by atoms with van der Waals surface area (Å²) < 4.78 is 5.41. The quantitative estimate of drug-likeness (QED) is 0.679. The maximum atomic E-state index is 12.1. The van der Waals surface area contributed by atoms with Crippen LogP contribution < -0.4 is 10.2 Å². The van der Waals surface area contributed by atoms with Crippen molar-refractivity contribution in [1.82, 2.24) is 5.43 Å². The van der Waals surface area contributed by atoms with Crippen LogP contribution in [0.15, 0.2) is 53.6 Å². The Morgan fingerprint density at radius 1 is 1.24 bits per heavy atom. The molecule has 0 atom stereocenters. The van der Waals surface area contributed by atoms with Crippen LogP contribution in [0.5, 0.6) is 5.75 Å². The third-order valence-corrected chi connectivity index (χ3v) is 3.05. The molecule has 108 valence electrons. The topological polar surface area (TPSA) is 50.7 Å². The van der Waals surface area contributed by atoms with E-state index in [1.165, 1.54) is 6.21 Å². The van der Waals surface area contributed by atoms with Gasteiger partial charge in [0.05, 0.1) is 18.4 Å². The number of hydrogen-bond acceptors (Lipinski definition) is 3. The highest BCUT2D eigenvalue weighted by atomic mass is 35.5. The molecular formula is C16H15ClN2O2. The van der Waals surface area contributed by atoms with Crippen LogP contribution in [-0.4, -0.2) is 18.7 Å². The number of halogens is 1. The number of amides is 1. The highest BCUT2D eigenvalue weighted by molar-refractivity contribution is 6.33. The second-order valence-electron chi connectivity index (χ2n) is 4.15. The summed E-state index contributed by atoms with van der Waals surface area (Å²) >= 11 is 6.00. The summed E-state index contributed by atoms with van der Waals surface area (Å²) in [7, 11) is 0. The van der Waals surface area contributed by atoms with Gasteiger partial charge in [-0.05, 0) is 25.1 Å². The first-order chi connectivity index (χ1) is 10.2. The van der Waals surface area contributed by atoms with Gasteiger partial charge in [0.15, 0.2) is 0 Å². The summed E-state index contributed by atoms with van der Waals surface area (Å²) in [5.74, 6) is 0.202. The molecule has 0 unspecified atom stereocenters. The number of benzene rings is 2. The van der Waals surface area contributed by atoms with Crippen LogP contribution in [0.1, 0.15) is 22.8 Å². The van der Waals surface area contributed by atoms with Crippen molar-refractivity contribution in [1.29, 1.82) is 0 Å². The molecule has 1 amide bonds. The number of nitrogens with zero attached hydrogens (tertiary/aromatic N) is 1. The molecule has 0 spiro atoms. The first-order valence-corrected chi connectivity index (χ1v) is 6.90. The molecule has 1 N–H and O–H groups in total. The van der Waals surface area contributed by atoms with E-state index >= 15 is 0 Å². The van der Waals surface area contributed by atoms with E-state index in [1.54, 1.807) is 24.3 Å². The van der Waals surface area contributed by atoms with Crippen LogP contribution in [0, 0.1) is 0 Å². The number of rotatable bonds is 5. The van der Waals surface area contributed by atoms with E-state index in [9.17, 15) is 4.79 Å². The van der Waals surface area contributed by atoms with E-state index in [4.69, 9.17) is 16.3 Å². The molecule has 21 heavy (non-hydrogen) atoms. The maximum Gasteiger partial charge on any atom is 0.275 e. The van der Waals surface area contributed by atoms with Gasteiger partial charge in [-0.3, -0.25) is 4.79 Å². The third kappa shape index (κ3) is 4.07. The Bertz CT molecular complexity index is 656. The number of hydrogen-bond donors (Lipinski definition) is 1.